The number of halogens is 1. The van der Waals surface area contributed by atoms with Crippen molar-refractivity contribution in [2.75, 3.05) is 0 Å². The van der Waals surface area contributed by atoms with Crippen molar-refractivity contribution in [1.82, 2.24) is 0 Å². The van der Waals surface area contributed by atoms with Crippen LogP contribution in [0.25, 0.3) is 0 Å². The summed E-state index contributed by atoms with van der Waals surface area (Å²) >= 11 is 0.618. The van der Waals surface area contributed by atoms with E-state index in [9.17, 15) is 9.13 Å². The predicted molar refractivity (Wildman–Crippen MR) is 43.1 cm³/mol. The molecule has 0 rings (SSSR count). The van der Waals surface area contributed by atoms with E-state index in [1.807, 2.05) is 0 Å². The van der Waals surface area contributed by atoms with Crippen LogP contribution < -0.4 is 0 Å². The van der Waals surface area contributed by atoms with Crippen LogP contribution >= 0.6 is 37.8 Å². The quantitative estimate of drug-likeness (QED) is 0.260. The normalized spacial score (nSPS) is 15.1. The minimum Gasteiger partial charge on any atom is -0.360 e. The molecule has 7 nitrogen and oxygen atoms in total. The largest absolute Gasteiger partial charge is 0.379 e. The smallest absolute Gasteiger partial charge is 0.360 e. The van der Waals surface area contributed by atoms with Gasteiger partial charge in [-0.05, 0) is 22.6 Å². The molecule has 0 radical (unpaired) electrons. The Balaban J connectivity index is 5.08. The van der Waals surface area contributed by atoms with Crippen LogP contribution in [0, 0.1) is 0 Å². The van der Waals surface area contributed by atoms with Crippen LogP contribution in [0.15, 0.2) is 0 Å². The number of hydrogen-bond donors (Lipinski definition) is 5. The molecule has 0 aromatic heterocycles. The van der Waals surface area contributed by atoms with Gasteiger partial charge in [-0.2, -0.15) is 0 Å². The van der Waals surface area contributed by atoms with Crippen LogP contribution in [0.5, 0.6) is 0 Å². The molecule has 0 aliphatic carbocycles. The highest BCUT2D eigenvalue weighted by molar-refractivity contribution is 14.1. The summed E-state index contributed by atoms with van der Waals surface area (Å²) in [4.78, 5) is 33.0. The second-order valence-corrected chi connectivity index (χ2v) is 8.73. The van der Waals surface area contributed by atoms with E-state index in [2.05, 4.69) is 0 Å². The van der Waals surface area contributed by atoms with Crippen molar-refractivity contribution in [3.8, 4) is 0 Å². The summed E-state index contributed by atoms with van der Waals surface area (Å²) in [5.41, 5.74) is 0. The summed E-state index contributed by atoms with van der Waals surface area (Å²) in [5, 5.41) is 8.65. The monoisotopic (exact) mass is 318 g/mol. The Labute approximate surface area is 74.9 Å². The molecule has 68 valence electrons. The first-order chi connectivity index (χ1) is 4.50. The fourth-order valence-electron chi connectivity index (χ4n) is 0.170. The van der Waals surface area contributed by atoms with Gasteiger partial charge in [0.05, 0.1) is 0 Å². The Bertz CT molecular complexity index is 209. The highest BCUT2D eigenvalue weighted by Crippen LogP contribution is 2.70. The molecule has 0 aromatic rings. The fourth-order valence-corrected chi connectivity index (χ4v) is 1.53. The maximum atomic E-state index is 10.2. The first-order valence-electron chi connectivity index (χ1n) is 2.02. The van der Waals surface area contributed by atoms with Crippen molar-refractivity contribution in [3.63, 3.8) is 0 Å². The van der Waals surface area contributed by atoms with Crippen molar-refractivity contribution in [3.05, 3.63) is 0 Å². The minimum absolute atomic E-state index is 0.618. The first kappa shape index (κ1) is 12.0. The molecule has 0 heterocycles. The van der Waals surface area contributed by atoms with Gasteiger partial charge in [0.2, 0.25) is 0 Å². The molecule has 0 saturated heterocycles. The molecule has 0 aliphatic heterocycles. The maximum absolute atomic E-state index is 10.2. The van der Waals surface area contributed by atoms with Crippen LogP contribution in [-0.2, 0) is 9.13 Å². The first-order valence-corrected chi connectivity index (χ1v) is 6.33. The molecule has 11 heavy (non-hydrogen) atoms. The SMILES string of the molecule is O=P(O)(O)C(O)(I)P(=O)(O)O. The summed E-state index contributed by atoms with van der Waals surface area (Å²) in [6.45, 7) is 0. The van der Waals surface area contributed by atoms with E-state index >= 15 is 0 Å². The molecule has 0 unspecified atom stereocenters. The summed E-state index contributed by atoms with van der Waals surface area (Å²) in [7, 11) is -10.4. The Hall–Kier alpha value is 0.990. The minimum atomic E-state index is -5.21. The van der Waals surface area contributed by atoms with Gasteiger partial charge >= 0.3 is 18.3 Å². The van der Waals surface area contributed by atoms with Gasteiger partial charge in [-0.3, -0.25) is 9.13 Å². The zero-order valence-corrected chi connectivity index (χ0v) is 8.77. The van der Waals surface area contributed by atoms with Crippen molar-refractivity contribution in [2.24, 2.45) is 0 Å². The molecule has 0 aliphatic rings. The van der Waals surface area contributed by atoms with Gasteiger partial charge in [-0.25, -0.2) is 0 Å². The lowest BCUT2D eigenvalue weighted by Crippen LogP contribution is -2.19. The summed E-state index contributed by atoms with van der Waals surface area (Å²) in [5.74, 6) is 0. The number of rotatable bonds is 2. The van der Waals surface area contributed by atoms with E-state index in [1.54, 1.807) is 0 Å². The molecule has 0 amide bonds. The van der Waals surface area contributed by atoms with Gasteiger partial charge < -0.3 is 24.7 Å². The fraction of sp³-hybridized carbons (Fsp3) is 1.00. The molecule has 0 spiro atoms. The second kappa shape index (κ2) is 3.04. The van der Waals surface area contributed by atoms with Gasteiger partial charge in [0.15, 0.2) is 0 Å². The third-order valence-corrected chi connectivity index (χ3v) is 7.56. The van der Waals surface area contributed by atoms with Crippen LogP contribution in [0.1, 0.15) is 0 Å². The average molecular weight is 318 g/mol. The Kier molecular flexibility index (Phi) is 3.32. The standard InChI is InChI=1S/CH5IO7P2/c2-1(3,10(4,5)6)11(7,8)9/h3H,(H2,4,5,6)(H2,7,8,9). The summed E-state index contributed by atoms with van der Waals surface area (Å²) < 4.78 is 17.2. The van der Waals surface area contributed by atoms with E-state index in [1.165, 1.54) is 0 Å². The molecule has 0 atom stereocenters. The van der Waals surface area contributed by atoms with Crippen molar-refractivity contribution in [2.45, 2.75) is 3.09 Å². The van der Waals surface area contributed by atoms with E-state index < -0.39 is 18.3 Å². The number of aliphatic hydroxyl groups is 1. The molecule has 10 heteroatoms. The summed E-state index contributed by atoms with van der Waals surface area (Å²) in [6, 6.07) is 0. The van der Waals surface area contributed by atoms with Gasteiger partial charge in [0.1, 0.15) is 0 Å². The van der Waals surface area contributed by atoms with Gasteiger partial charge in [0.25, 0.3) is 0 Å². The molecule has 0 fully saturated rings. The molecule has 0 bridgehead atoms. The van der Waals surface area contributed by atoms with Gasteiger partial charge in [-0.1, -0.05) is 0 Å². The lowest BCUT2D eigenvalue weighted by molar-refractivity contribution is 0.209. The molecule has 0 saturated carbocycles. The zero-order chi connectivity index (χ0) is 9.50. The van der Waals surface area contributed by atoms with Crippen LogP contribution in [0.2, 0.25) is 0 Å². The second-order valence-electron chi connectivity index (χ2n) is 1.64. The van der Waals surface area contributed by atoms with Crippen molar-refractivity contribution < 1.29 is 33.8 Å². The van der Waals surface area contributed by atoms with E-state index in [4.69, 9.17) is 24.7 Å². The topological polar surface area (TPSA) is 135 Å². The van der Waals surface area contributed by atoms with Crippen molar-refractivity contribution >= 4 is 37.8 Å². The van der Waals surface area contributed by atoms with Gasteiger partial charge in [0, 0.05) is 0 Å². The van der Waals surface area contributed by atoms with E-state index in [0.29, 0.717) is 22.6 Å². The highest BCUT2D eigenvalue weighted by atomic mass is 127. The Morgan fingerprint density at radius 2 is 1.18 bits per heavy atom. The third kappa shape index (κ3) is 2.46. The average Bonchev–Trinajstić information content (AvgIpc) is 1.58. The highest BCUT2D eigenvalue weighted by Gasteiger charge is 2.57. The summed E-state index contributed by atoms with van der Waals surface area (Å²) in [6.07, 6.45) is 0. The zero-order valence-electron chi connectivity index (χ0n) is 4.82. The van der Waals surface area contributed by atoms with Crippen LogP contribution in [0.3, 0.4) is 0 Å². The maximum Gasteiger partial charge on any atom is 0.379 e. The lowest BCUT2D eigenvalue weighted by Gasteiger charge is -2.22. The molecular formula is CH5IO7P2. The van der Waals surface area contributed by atoms with Crippen LogP contribution in [0.4, 0.5) is 0 Å². The van der Waals surface area contributed by atoms with Crippen molar-refractivity contribution in [1.29, 1.82) is 0 Å². The van der Waals surface area contributed by atoms with Crippen LogP contribution in [-0.4, -0.2) is 27.8 Å². The van der Waals surface area contributed by atoms with E-state index in [-0.39, 0.29) is 0 Å². The van der Waals surface area contributed by atoms with Gasteiger partial charge in [-0.15, -0.1) is 0 Å². The molecule has 5 N–H and O–H groups in total. The predicted octanol–water partition coefficient (Wildman–Crippen LogP) is -0.620. The third-order valence-electron chi connectivity index (χ3n) is 0.741. The van der Waals surface area contributed by atoms with E-state index in [0.717, 1.165) is 0 Å². The Morgan fingerprint density at radius 1 is 1.00 bits per heavy atom. The number of alkyl halides is 1. The molecular weight excluding hydrogens is 313 g/mol. The lowest BCUT2D eigenvalue weighted by atomic mass is 11.7. The number of hydrogen-bond acceptors (Lipinski definition) is 3. The molecule has 0 aromatic carbocycles. The Morgan fingerprint density at radius 3 is 1.18 bits per heavy atom.